The highest BCUT2D eigenvalue weighted by molar-refractivity contribution is 7.47. The SMILES string of the molecule is CC/C=C\C/C=C\C/C=C\C/C=C\CCCCCCCCCCCCCCC(=O)OC(COC(=O)CCCCCCCCCCCCCCCCCCCCCCCCCCCCCCCCCCC)COP(=O)(O)OCCN. The molecule has 2 atom stereocenters. The molecule has 0 bridgehead atoms. The molecule has 10 heteroatoms. The van der Waals surface area contributed by atoms with Crippen molar-refractivity contribution in [3.05, 3.63) is 48.6 Å². The summed E-state index contributed by atoms with van der Waals surface area (Å²) in [6.45, 7) is 3.69. The summed E-state index contributed by atoms with van der Waals surface area (Å²) in [6, 6.07) is 0. The van der Waals surface area contributed by atoms with Crippen LogP contribution >= 0.6 is 7.82 Å². The molecule has 0 saturated carbocycles. The molecule has 0 amide bonds. The Labute approximate surface area is 489 Å². The molecule has 464 valence electrons. The number of rotatable bonds is 65. The van der Waals surface area contributed by atoms with Crippen molar-refractivity contribution in [2.24, 2.45) is 5.73 Å². The van der Waals surface area contributed by atoms with E-state index in [1.165, 1.54) is 250 Å². The van der Waals surface area contributed by atoms with E-state index in [1.807, 2.05) is 0 Å². The van der Waals surface area contributed by atoms with Crippen molar-refractivity contribution in [1.29, 1.82) is 0 Å². The molecular weight excluding hydrogens is 1000 g/mol. The lowest BCUT2D eigenvalue weighted by atomic mass is 10.0. The van der Waals surface area contributed by atoms with Gasteiger partial charge in [-0.2, -0.15) is 0 Å². The molecule has 0 fully saturated rings. The number of phosphoric ester groups is 1. The van der Waals surface area contributed by atoms with Crippen molar-refractivity contribution in [3.63, 3.8) is 0 Å². The van der Waals surface area contributed by atoms with Gasteiger partial charge in [-0.15, -0.1) is 0 Å². The summed E-state index contributed by atoms with van der Waals surface area (Å²) in [4.78, 5) is 35.3. The lowest BCUT2D eigenvalue weighted by molar-refractivity contribution is -0.161. The van der Waals surface area contributed by atoms with Gasteiger partial charge < -0.3 is 20.1 Å². The fourth-order valence-electron chi connectivity index (χ4n) is 10.2. The molecule has 0 spiro atoms. The van der Waals surface area contributed by atoms with Crippen molar-refractivity contribution < 1.29 is 37.6 Å². The van der Waals surface area contributed by atoms with Crippen LogP contribution in [-0.4, -0.2) is 49.3 Å². The largest absolute Gasteiger partial charge is 0.472 e. The molecule has 0 aliphatic heterocycles. The van der Waals surface area contributed by atoms with Crippen LogP contribution < -0.4 is 5.73 Å². The Balaban J connectivity index is 3.82. The molecule has 79 heavy (non-hydrogen) atoms. The van der Waals surface area contributed by atoms with Gasteiger partial charge in [-0.3, -0.25) is 18.6 Å². The number of esters is 2. The van der Waals surface area contributed by atoms with Crippen molar-refractivity contribution in [3.8, 4) is 0 Å². The van der Waals surface area contributed by atoms with E-state index in [4.69, 9.17) is 24.3 Å². The summed E-state index contributed by atoms with van der Waals surface area (Å²) in [7, 11) is -4.39. The van der Waals surface area contributed by atoms with Crippen LogP contribution in [0.2, 0.25) is 0 Å². The predicted octanol–water partition coefficient (Wildman–Crippen LogP) is 22.1. The number of hydrogen-bond acceptors (Lipinski definition) is 8. The summed E-state index contributed by atoms with van der Waals surface area (Å²) < 4.78 is 33.2. The van der Waals surface area contributed by atoms with Crippen LogP contribution in [0.3, 0.4) is 0 Å². The third kappa shape index (κ3) is 65.0. The number of hydrogen-bond donors (Lipinski definition) is 2. The van der Waals surface area contributed by atoms with Crippen LogP contribution in [0.1, 0.15) is 348 Å². The average molecular weight is 1130 g/mol. The summed E-state index contributed by atoms with van der Waals surface area (Å²) >= 11 is 0. The van der Waals surface area contributed by atoms with Gasteiger partial charge in [0.2, 0.25) is 0 Å². The number of unbranched alkanes of at least 4 members (excludes halogenated alkanes) is 44. The maximum atomic E-state index is 12.7. The molecule has 9 nitrogen and oxygen atoms in total. The van der Waals surface area contributed by atoms with Crippen LogP contribution in [0.5, 0.6) is 0 Å². The number of ether oxygens (including phenoxy) is 2. The highest BCUT2D eigenvalue weighted by Gasteiger charge is 2.26. The van der Waals surface area contributed by atoms with Crippen molar-refractivity contribution >= 4 is 19.8 Å². The third-order valence-electron chi connectivity index (χ3n) is 15.2. The first kappa shape index (κ1) is 77.0. The monoisotopic (exact) mass is 1130 g/mol. The van der Waals surface area contributed by atoms with E-state index >= 15 is 0 Å². The lowest BCUT2D eigenvalue weighted by Gasteiger charge is -2.19. The van der Waals surface area contributed by atoms with Gasteiger partial charge in [-0.1, -0.05) is 332 Å². The molecule has 0 aromatic heterocycles. The molecule has 0 aliphatic rings. The second-order valence-corrected chi connectivity index (χ2v) is 24.5. The Morgan fingerprint density at radius 1 is 0.392 bits per heavy atom. The summed E-state index contributed by atoms with van der Waals surface area (Å²) in [5.74, 6) is -0.813. The molecule has 3 N–H and O–H groups in total. The second-order valence-electron chi connectivity index (χ2n) is 23.0. The minimum Gasteiger partial charge on any atom is -0.462 e. The third-order valence-corrected chi connectivity index (χ3v) is 16.2. The maximum absolute atomic E-state index is 12.7. The molecule has 2 unspecified atom stereocenters. The van der Waals surface area contributed by atoms with E-state index in [2.05, 4.69) is 62.5 Å². The summed E-state index contributed by atoms with van der Waals surface area (Å²) in [6.07, 6.45) is 82.1. The van der Waals surface area contributed by atoms with Crippen LogP contribution in [0.4, 0.5) is 0 Å². The fourth-order valence-corrected chi connectivity index (χ4v) is 11.0. The standard InChI is InChI=1S/C69H130NO8P/c1-3-5-7-9-11-13-15-17-19-21-23-25-27-29-30-31-32-33-34-35-36-38-39-41-43-45-47-49-51-53-55-57-59-61-68(71)75-65-67(66-77-79(73,74)76-64-63-70)78-69(72)62-60-58-56-54-52-50-48-46-44-42-40-37-28-26-24-22-20-18-16-14-12-10-8-6-4-2/h6,8,12,14,18,20,24,26,67H,3-5,7,9-11,13,15-17,19,21-23,25,27-66,70H2,1-2H3,(H,73,74)/b8-6-,14-12-,20-18-,26-24-. The number of allylic oxidation sites excluding steroid dienone is 8. The Kier molecular flexibility index (Phi) is 63.5. The van der Waals surface area contributed by atoms with E-state index in [0.717, 1.165) is 64.2 Å². The Morgan fingerprint density at radius 2 is 0.696 bits per heavy atom. The molecule has 0 heterocycles. The summed E-state index contributed by atoms with van der Waals surface area (Å²) in [5, 5.41) is 0. The fraction of sp³-hybridized carbons (Fsp3) is 0.855. The van der Waals surface area contributed by atoms with E-state index in [1.54, 1.807) is 0 Å². The normalized spacial score (nSPS) is 13.2. The molecule has 0 aliphatic carbocycles. The minimum absolute atomic E-state index is 0.0539. The van der Waals surface area contributed by atoms with E-state index in [-0.39, 0.29) is 38.6 Å². The number of phosphoric acid groups is 1. The maximum Gasteiger partial charge on any atom is 0.472 e. The molecule has 0 aromatic rings. The van der Waals surface area contributed by atoms with E-state index in [9.17, 15) is 19.0 Å². The molecule has 0 saturated heterocycles. The first-order valence-corrected chi connectivity index (χ1v) is 35.6. The topological polar surface area (TPSA) is 134 Å². The molecule has 0 radical (unpaired) electrons. The molecular formula is C69H130NO8P. The number of carbonyl (C=O) groups is 2. The molecule has 0 aromatic carbocycles. The van der Waals surface area contributed by atoms with Crippen molar-refractivity contribution in [2.75, 3.05) is 26.4 Å². The van der Waals surface area contributed by atoms with Crippen LogP contribution in [0, 0.1) is 0 Å². The first-order chi connectivity index (χ1) is 38.8. The Bertz CT molecular complexity index is 1430. The minimum atomic E-state index is -4.39. The molecule has 0 rings (SSSR count). The smallest absolute Gasteiger partial charge is 0.462 e. The van der Waals surface area contributed by atoms with E-state index in [0.29, 0.717) is 6.42 Å². The van der Waals surface area contributed by atoms with Crippen LogP contribution in [-0.2, 0) is 32.7 Å². The van der Waals surface area contributed by atoms with Crippen LogP contribution in [0.15, 0.2) is 48.6 Å². The second kappa shape index (κ2) is 65.1. The van der Waals surface area contributed by atoms with Crippen molar-refractivity contribution in [1.82, 2.24) is 0 Å². The van der Waals surface area contributed by atoms with Gasteiger partial charge >= 0.3 is 19.8 Å². The number of carbonyl (C=O) groups excluding carboxylic acids is 2. The Morgan fingerprint density at radius 3 is 1.04 bits per heavy atom. The zero-order valence-electron chi connectivity index (χ0n) is 52.1. The average Bonchev–Trinajstić information content (AvgIpc) is 3.44. The first-order valence-electron chi connectivity index (χ1n) is 34.1. The zero-order chi connectivity index (χ0) is 57.3. The lowest BCUT2D eigenvalue weighted by Crippen LogP contribution is -2.29. The van der Waals surface area contributed by atoms with Gasteiger partial charge in [0.1, 0.15) is 6.61 Å². The van der Waals surface area contributed by atoms with E-state index < -0.39 is 26.5 Å². The zero-order valence-corrected chi connectivity index (χ0v) is 53.0. The quantitative estimate of drug-likeness (QED) is 0.0264. The highest BCUT2D eigenvalue weighted by atomic mass is 31.2. The van der Waals surface area contributed by atoms with Gasteiger partial charge in [0.25, 0.3) is 0 Å². The van der Waals surface area contributed by atoms with Crippen LogP contribution in [0.25, 0.3) is 0 Å². The van der Waals surface area contributed by atoms with Gasteiger partial charge in [-0.25, -0.2) is 4.57 Å². The van der Waals surface area contributed by atoms with Crippen molar-refractivity contribution in [2.45, 2.75) is 354 Å². The van der Waals surface area contributed by atoms with Gasteiger partial charge in [-0.05, 0) is 51.4 Å². The number of nitrogens with two attached hydrogens (primary N) is 1. The van der Waals surface area contributed by atoms with Gasteiger partial charge in [0.05, 0.1) is 13.2 Å². The van der Waals surface area contributed by atoms with Gasteiger partial charge in [0.15, 0.2) is 6.10 Å². The van der Waals surface area contributed by atoms with Gasteiger partial charge in [0, 0.05) is 19.4 Å². The highest BCUT2D eigenvalue weighted by Crippen LogP contribution is 2.43. The summed E-state index contributed by atoms with van der Waals surface area (Å²) in [5.41, 5.74) is 5.40. The predicted molar refractivity (Wildman–Crippen MR) is 340 cm³/mol. The Hall–Kier alpha value is -2.03.